The highest BCUT2D eigenvalue weighted by Gasteiger charge is 2.17. The molecule has 2 aromatic heterocycles. The molecule has 0 spiro atoms. The molecule has 0 saturated carbocycles. The zero-order valence-electron chi connectivity index (χ0n) is 17.3. The molecule has 0 saturated heterocycles. The molecular formula is C24H17FN2O6. The van der Waals surface area contributed by atoms with E-state index in [9.17, 15) is 18.8 Å². The number of esters is 1. The minimum atomic E-state index is -0.750. The molecule has 33 heavy (non-hydrogen) atoms. The fourth-order valence-corrected chi connectivity index (χ4v) is 3.09. The molecule has 0 aliphatic heterocycles. The van der Waals surface area contributed by atoms with Crippen LogP contribution in [0.5, 0.6) is 5.75 Å². The lowest BCUT2D eigenvalue weighted by Crippen LogP contribution is -2.15. The highest BCUT2D eigenvalue weighted by atomic mass is 19.1. The fourth-order valence-electron chi connectivity index (χ4n) is 3.09. The largest absolute Gasteiger partial charge is 0.456 e. The third-order valence-electron chi connectivity index (χ3n) is 4.57. The number of fused-ring (bicyclic) bond motifs is 1. The second kappa shape index (κ2) is 9.31. The molecule has 2 heterocycles. The number of nitrogens with zero attached hydrogens (tertiary/aromatic N) is 1. The summed E-state index contributed by atoms with van der Waals surface area (Å²) >= 11 is 0. The number of anilines is 1. The Hall–Kier alpha value is -4.53. The average molecular weight is 448 g/mol. The van der Waals surface area contributed by atoms with E-state index in [4.69, 9.17) is 13.9 Å². The summed E-state index contributed by atoms with van der Waals surface area (Å²) in [6.45, 7) is 1.78. The smallest absolute Gasteiger partial charge is 0.411 e. The van der Waals surface area contributed by atoms with Gasteiger partial charge in [-0.3, -0.25) is 15.1 Å². The van der Waals surface area contributed by atoms with Crippen LogP contribution in [0.1, 0.15) is 17.3 Å². The Morgan fingerprint density at radius 1 is 1.12 bits per heavy atom. The molecular weight excluding hydrogens is 431 g/mol. The monoisotopic (exact) mass is 448 g/mol. The Labute approximate surface area is 186 Å². The summed E-state index contributed by atoms with van der Waals surface area (Å²) in [5.74, 6) is -0.954. The van der Waals surface area contributed by atoms with Gasteiger partial charge in [0.2, 0.25) is 0 Å². The number of amides is 1. The topological polar surface area (TPSA) is 108 Å². The van der Waals surface area contributed by atoms with Gasteiger partial charge in [0.25, 0.3) is 0 Å². The zero-order chi connectivity index (χ0) is 23.4. The molecule has 0 unspecified atom stereocenters. The van der Waals surface area contributed by atoms with Gasteiger partial charge in [-0.2, -0.15) is 0 Å². The van der Waals surface area contributed by atoms with Gasteiger partial charge in [-0.25, -0.2) is 14.0 Å². The minimum Gasteiger partial charge on any atom is -0.456 e. The van der Waals surface area contributed by atoms with Crippen LogP contribution in [0.25, 0.3) is 22.3 Å². The Kier molecular flexibility index (Phi) is 6.12. The van der Waals surface area contributed by atoms with Crippen LogP contribution in [0.2, 0.25) is 0 Å². The third-order valence-corrected chi connectivity index (χ3v) is 4.57. The van der Waals surface area contributed by atoms with E-state index in [2.05, 4.69) is 10.3 Å². The quantitative estimate of drug-likeness (QED) is 0.346. The number of carbonyl (C=O) groups excluding carboxylic acids is 2. The summed E-state index contributed by atoms with van der Waals surface area (Å²) in [7, 11) is 0. The van der Waals surface area contributed by atoms with Crippen LogP contribution in [0, 0.1) is 5.82 Å². The van der Waals surface area contributed by atoms with Crippen LogP contribution < -0.4 is 15.5 Å². The second-order valence-corrected chi connectivity index (χ2v) is 6.80. The molecule has 0 fully saturated rings. The summed E-state index contributed by atoms with van der Waals surface area (Å²) in [6.07, 6.45) is 2.14. The van der Waals surface area contributed by atoms with Crippen LogP contribution in [-0.2, 0) is 4.74 Å². The van der Waals surface area contributed by atoms with Crippen molar-refractivity contribution in [2.75, 3.05) is 11.9 Å². The maximum absolute atomic E-state index is 13.5. The molecule has 1 amide bonds. The number of ether oxygens (including phenoxy) is 2. The predicted octanol–water partition coefficient (Wildman–Crippen LogP) is 4.78. The number of rotatable bonds is 5. The van der Waals surface area contributed by atoms with Crippen molar-refractivity contribution in [2.45, 2.75) is 6.92 Å². The van der Waals surface area contributed by atoms with Gasteiger partial charge in [0.05, 0.1) is 23.2 Å². The number of hydrogen-bond donors (Lipinski definition) is 1. The van der Waals surface area contributed by atoms with Crippen LogP contribution in [0.4, 0.5) is 14.9 Å². The lowest BCUT2D eigenvalue weighted by molar-refractivity contribution is 0.0734. The molecule has 9 heteroatoms. The van der Waals surface area contributed by atoms with E-state index in [-0.39, 0.29) is 40.3 Å². The Balaban J connectivity index is 1.75. The third kappa shape index (κ3) is 4.87. The summed E-state index contributed by atoms with van der Waals surface area (Å²) < 4.78 is 29.6. The van der Waals surface area contributed by atoms with Crippen molar-refractivity contribution in [3.8, 4) is 17.1 Å². The molecule has 2 aromatic carbocycles. The predicted molar refractivity (Wildman–Crippen MR) is 118 cm³/mol. The SMILES string of the molecule is CCOC(=O)Nc1cc(OC(=O)c2cccnc2)ccc1-c1cc(=O)c2cc(F)ccc2o1. The zero-order valence-corrected chi connectivity index (χ0v) is 17.3. The highest BCUT2D eigenvalue weighted by molar-refractivity contribution is 5.93. The van der Waals surface area contributed by atoms with Gasteiger partial charge >= 0.3 is 12.1 Å². The van der Waals surface area contributed by atoms with Crippen molar-refractivity contribution in [3.63, 3.8) is 0 Å². The summed E-state index contributed by atoms with van der Waals surface area (Å²) in [6, 6.07) is 12.3. The molecule has 1 N–H and O–H groups in total. The van der Waals surface area contributed by atoms with Gasteiger partial charge < -0.3 is 13.9 Å². The van der Waals surface area contributed by atoms with Gasteiger partial charge in [-0.15, -0.1) is 0 Å². The first-order valence-corrected chi connectivity index (χ1v) is 9.88. The van der Waals surface area contributed by atoms with Crippen molar-refractivity contribution >= 4 is 28.7 Å². The first-order valence-electron chi connectivity index (χ1n) is 9.88. The van der Waals surface area contributed by atoms with Gasteiger partial charge in [-0.05, 0) is 49.4 Å². The average Bonchev–Trinajstić information content (AvgIpc) is 2.80. The number of pyridine rings is 1. The molecule has 4 aromatic rings. The first-order chi connectivity index (χ1) is 15.9. The van der Waals surface area contributed by atoms with E-state index in [0.29, 0.717) is 5.56 Å². The van der Waals surface area contributed by atoms with Crippen LogP contribution in [0.3, 0.4) is 0 Å². The van der Waals surface area contributed by atoms with E-state index in [1.54, 1.807) is 19.1 Å². The molecule has 166 valence electrons. The fraction of sp³-hybridized carbons (Fsp3) is 0.0833. The van der Waals surface area contributed by atoms with Gasteiger partial charge in [0.1, 0.15) is 22.9 Å². The standard InChI is InChI=1S/C24H17FN2O6/c1-2-31-24(30)27-19-11-16(32-23(29)14-4-3-9-26-13-14)6-7-17(19)22-12-20(28)18-10-15(25)5-8-21(18)33-22/h3-13H,2H2,1H3,(H,27,30). The molecule has 0 aliphatic carbocycles. The van der Waals surface area contributed by atoms with E-state index in [1.165, 1.54) is 48.8 Å². The number of benzene rings is 2. The van der Waals surface area contributed by atoms with E-state index in [1.807, 2.05) is 0 Å². The molecule has 0 aliphatic rings. The molecule has 0 atom stereocenters. The van der Waals surface area contributed by atoms with Gasteiger partial charge in [0, 0.05) is 30.1 Å². The van der Waals surface area contributed by atoms with Crippen LogP contribution in [0.15, 0.2) is 76.2 Å². The summed E-state index contributed by atoms with van der Waals surface area (Å²) in [5.41, 5.74) is 0.462. The van der Waals surface area contributed by atoms with Crippen molar-refractivity contribution in [1.29, 1.82) is 0 Å². The number of aromatic nitrogens is 1. The van der Waals surface area contributed by atoms with Gasteiger partial charge in [-0.1, -0.05) is 0 Å². The van der Waals surface area contributed by atoms with E-state index < -0.39 is 23.3 Å². The minimum absolute atomic E-state index is 0.0840. The van der Waals surface area contributed by atoms with Gasteiger partial charge in [0.15, 0.2) is 5.43 Å². The summed E-state index contributed by atoms with van der Waals surface area (Å²) in [5, 5.41) is 2.64. The number of hydrogen-bond acceptors (Lipinski definition) is 7. The lowest BCUT2D eigenvalue weighted by atomic mass is 10.1. The Morgan fingerprint density at radius 2 is 1.97 bits per heavy atom. The molecule has 8 nitrogen and oxygen atoms in total. The maximum Gasteiger partial charge on any atom is 0.411 e. The van der Waals surface area contributed by atoms with Crippen molar-refractivity contribution in [3.05, 3.63) is 88.6 Å². The second-order valence-electron chi connectivity index (χ2n) is 6.80. The van der Waals surface area contributed by atoms with Crippen molar-refractivity contribution in [1.82, 2.24) is 4.98 Å². The highest BCUT2D eigenvalue weighted by Crippen LogP contribution is 2.33. The van der Waals surface area contributed by atoms with E-state index >= 15 is 0 Å². The van der Waals surface area contributed by atoms with Crippen molar-refractivity contribution in [2.24, 2.45) is 0 Å². The maximum atomic E-state index is 13.5. The van der Waals surface area contributed by atoms with E-state index in [0.717, 1.165) is 6.07 Å². The summed E-state index contributed by atoms with van der Waals surface area (Å²) in [4.78, 5) is 40.8. The van der Waals surface area contributed by atoms with Crippen LogP contribution >= 0.6 is 0 Å². The first kappa shape index (κ1) is 21.7. The normalized spacial score (nSPS) is 10.6. The lowest BCUT2D eigenvalue weighted by Gasteiger charge is -2.13. The number of nitrogens with one attached hydrogen (secondary N) is 1. The Bertz CT molecular complexity index is 1400. The Morgan fingerprint density at radius 3 is 2.73 bits per heavy atom. The number of carbonyl (C=O) groups is 2. The molecule has 0 bridgehead atoms. The number of halogens is 1. The van der Waals surface area contributed by atoms with Crippen LogP contribution in [-0.4, -0.2) is 23.7 Å². The molecule has 0 radical (unpaired) electrons. The molecule has 4 rings (SSSR count). The van der Waals surface area contributed by atoms with Crippen molar-refractivity contribution < 1.29 is 27.9 Å².